The van der Waals surface area contributed by atoms with Crippen LogP contribution in [-0.4, -0.2) is 73.0 Å². The number of β-lactam (4-membered cyclic amide) rings is 1. The summed E-state index contributed by atoms with van der Waals surface area (Å²) in [6.07, 6.45) is -3.34. The molecule has 3 rings (SSSR count). The molecule has 1 N–H and O–H groups in total. The summed E-state index contributed by atoms with van der Waals surface area (Å²) in [5.74, 6) is -0.103. The van der Waals surface area contributed by atoms with Crippen molar-refractivity contribution >= 4 is 17.8 Å². The molecule has 2 aromatic carbocycles. The fourth-order valence-electron chi connectivity index (χ4n) is 5.11. The first kappa shape index (κ1) is 32.9. The lowest BCUT2D eigenvalue weighted by Gasteiger charge is -2.53. The van der Waals surface area contributed by atoms with Crippen molar-refractivity contribution in [2.75, 3.05) is 34.2 Å². The van der Waals surface area contributed by atoms with Crippen LogP contribution < -0.4 is 10.1 Å². The Balaban J connectivity index is 1.78. The van der Waals surface area contributed by atoms with Gasteiger partial charge < -0.3 is 19.9 Å². The number of ether oxygens (including phenoxy) is 1. The van der Waals surface area contributed by atoms with Crippen LogP contribution in [0.2, 0.25) is 0 Å². The second kappa shape index (κ2) is 13.6. The average Bonchev–Trinajstić information content (AvgIpc) is 2.96. The number of likely N-dealkylation sites (tertiary alicyclic amines) is 1. The van der Waals surface area contributed by atoms with Crippen molar-refractivity contribution in [2.45, 2.75) is 64.9 Å². The van der Waals surface area contributed by atoms with Crippen LogP contribution in [0.15, 0.2) is 48.5 Å². The summed E-state index contributed by atoms with van der Waals surface area (Å²) in [5.41, 5.74) is -0.689. The van der Waals surface area contributed by atoms with Crippen molar-refractivity contribution in [3.05, 3.63) is 65.2 Å². The molecule has 0 aromatic heterocycles. The number of nitrogens with one attached hydrogen (secondary N) is 1. The molecule has 1 aliphatic rings. The van der Waals surface area contributed by atoms with Crippen molar-refractivity contribution in [1.29, 1.82) is 0 Å². The number of amides is 4. The number of hydrogen-bond acceptors (Lipinski definition) is 5. The Morgan fingerprint density at radius 2 is 1.57 bits per heavy atom. The van der Waals surface area contributed by atoms with Crippen molar-refractivity contribution < 1.29 is 32.3 Å². The normalized spacial score (nSPS) is 17.0. The molecule has 1 aliphatic heterocycles. The van der Waals surface area contributed by atoms with E-state index in [9.17, 15) is 27.6 Å². The summed E-state index contributed by atoms with van der Waals surface area (Å²) in [5, 5.41) is 2.83. The largest absolute Gasteiger partial charge is 0.469 e. The molecule has 0 saturated carbocycles. The van der Waals surface area contributed by atoms with Gasteiger partial charge in [-0.3, -0.25) is 9.59 Å². The van der Waals surface area contributed by atoms with Gasteiger partial charge in [0.15, 0.2) is 6.23 Å². The van der Waals surface area contributed by atoms with Gasteiger partial charge in [0.2, 0.25) is 5.91 Å². The van der Waals surface area contributed by atoms with Crippen molar-refractivity contribution in [3.63, 3.8) is 0 Å². The third-order valence-corrected chi connectivity index (χ3v) is 7.93. The van der Waals surface area contributed by atoms with Gasteiger partial charge in [0.1, 0.15) is 11.2 Å². The van der Waals surface area contributed by atoms with E-state index in [2.05, 4.69) is 5.32 Å². The van der Waals surface area contributed by atoms with Crippen LogP contribution in [0.1, 0.15) is 74.0 Å². The first-order chi connectivity index (χ1) is 19.8. The number of urea groups is 1. The van der Waals surface area contributed by atoms with E-state index in [1.807, 2.05) is 39.8 Å². The number of benzene rings is 2. The fraction of sp³-hybridized carbons (Fsp3) is 0.516. The molecule has 230 valence electrons. The van der Waals surface area contributed by atoms with Gasteiger partial charge in [0.25, 0.3) is 5.91 Å². The van der Waals surface area contributed by atoms with Crippen LogP contribution >= 0.6 is 0 Å². The molecule has 0 radical (unpaired) electrons. The lowest BCUT2D eigenvalue weighted by atomic mass is 9.72. The van der Waals surface area contributed by atoms with Crippen LogP contribution in [-0.2, 0) is 11.0 Å². The maximum Gasteiger partial charge on any atom is 0.416 e. The third kappa shape index (κ3) is 7.06. The van der Waals surface area contributed by atoms with E-state index in [0.29, 0.717) is 49.1 Å². The highest BCUT2D eigenvalue weighted by Crippen LogP contribution is 2.46. The topological polar surface area (TPSA) is 82.2 Å². The highest BCUT2D eigenvalue weighted by Gasteiger charge is 2.63. The molecule has 2 unspecified atom stereocenters. The first-order valence-corrected chi connectivity index (χ1v) is 14.3. The average molecular weight is 591 g/mol. The molecule has 1 fully saturated rings. The molecule has 1 heterocycles. The first-order valence-electron chi connectivity index (χ1n) is 14.3. The van der Waals surface area contributed by atoms with Crippen LogP contribution in [0, 0.1) is 5.41 Å². The van der Waals surface area contributed by atoms with E-state index in [4.69, 9.17) is 4.74 Å². The fourth-order valence-corrected chi connectivity index (χ4v) is 5.11. The van der Waals surface area contributed by atoms with E-state index >= 15 is 0 Å². The number of rotatable bonds is 12. The van der Waals surface area contributed by atoms with Gasteiger partial charge in [0.05, 0.1) is 11.6 Å². The molecule has 42 heavy (non-hydrogen) atoms. The molecule has 0 aliphatic carbocycles. The van der Waals surface area contributed by atoms with Gasteiger partial charge in [-0.2, -0.15) is 13.2 Å². The zero-order valence-electron chi connectivity index (χ0n) is 25.1. The lowest BCUT2D eigenvalue weighted by molar-refractivity contribution is -0.191. The summed E-state index contributed by atoms with van der Waals surface area (Å²) in [6.45, 7) is 6.92. The Labute approximate surface area is 245 Å². The SMILES string of the molecule is CCCC(NC(=O)N1C(=O)C(CC)(CC)C1Oc1ccc(C(=O)N(C)CCN(C)C)cc1)c1ccc(C(F)(F)F)cc1. The second-order valence-electron chi connectivity index (χ2n) is 11.0. The quantitative estimate of drug-likeness (QED) is 0.309. The number of nitrogens with zero attached hydrogens (tertiary/aromatic N) is 3. The molecular formula is C31H41F3N4O4. The molecule has 4 amide bonds. The maximum absolute atomic E-state index is 13.4. The Bertz CT molecular complexity index is 1230. The maximum atomic E-state index is 13.4. The monoisotopic (exact) mass is 590 g/mol. The summed E-state index contributed by atoms with van der Waals surface area (Å²) < 4.78 is 45.4. The summed E-state index contributed by atoms with van der Waals surface area (Å²) in [7, 11) is 5.61. The lowest BCUT2D eigenvalue weighted by Crippen LogP contribution is -2.73. The van der Waals surface area contributed by atoms with Crippen molar-refractivity contribution in [2.24, 2.45) is 5.41 Å². The smallest absolute Gasteiger partial charge is 0.416 e. The molecule has 2 atom stereocenters. The van der Waals surface area contributed by atoms with Gasteiger partial charge in [-0.25, -0.2) is 9.69 Å². The highest BCUT2D eigenvalue weighted by molar-refractivity contribution is 6.03. The predicted octanol–water partition coefficient (Wildman–Crippen LogP) is 5.94. The predicted molar refractivity (Wildman–Crippen MR) is 154 cm³/mol. The summed E-state index contributed by atoms with van der Waals surface area (Å²) in [6, 6.07) is 9.98. The minimum Gasteiger partial charge on any atom is -0.469 e. The van der Waals surface area contributed by atoms with Crippen LogP contribution in [0.25, 0.3) is 0 Å². The van der Waals surface area contributed by atoms with Crippen LogP contribution in [0.5, 0.6) is 5.75 Å². The number of hydrogen-bond donors (Lipinski definition) is 1. The molecule has 0 spiro atoms. The minimum atomic E-state index is -4.46. The summed E-state index contributed by atoms with van der Waals surface area (Å²) >= 11 is 0. The number of imide groups is 1. The Morgan fingerprint density at radius 3 is 2.07 bits per heavy atom. The second-order valence-corrected chi connectivity index (χ2v) is 11.0. The van der Waals surface area contributed by atoms with E-state index in [0.717, 1.165) is 23.6 Å². The number of alkyl halides is 3. The minimum absolute atomic E-state index is 0.134. The Morgan fingerprint density at radius 1 is 0.976 bits per heavy atom. The van der Waals surface area contributed by atoms with Gasteiger partial charge in [0, 0.05) is 25.7 Å². The van der Waals surface area contributed by atoms with Crippen molar-refractivity contribution in [3.8, 4) is 5.75 Å². The van der Waals surface area contributed by atoms with E-state index in [1.54, 1.807) is 36.2 Å². The molecule has 1 saturated heterocycles. The number of carbonyl (C=O) groups excluding carboxylic acids is 3. The van der Waals surface area contributed by atoms with Gasteiger partial charge in [-0.15, -0.1) is 0 Å². The van der Waals surface area contributed by atoms with E-state index in [1.165, 1.54) is 12.1 Å². The Hall–Kier alpha value is -3.60. The Kier molecular flexibility index (Phi) is 10.6. The highest BCUT2D eigenvalue weighted by atomic mass is 19.4. The molecule has 0 bridgehead atoms. The number of likely N-dealkylation sites (N-methyl/N-ethyl adjacent to an activating group) is 2. The van der Waals surface area contributed by atoms with Gasteiger partial charge in [-0.05, 0) is 75.3 Å². The van der Waals surface area contributed by atoms with E-state index in [-0.39, 0.29) is 11.8 Å². The molecule has 11 heteroatoms. The van der Waals surface area contributed by atoms with Gasteiger partial charge >= 0.3 is 12.2 Å². The number of halogens is 3. The van der Waals surface area contributed by atoms with Crippen LogP contribution in [0.4, 0.5) is 18.0 Å². The van der Waals surface area contributed by atoms with Crippen molar-refractivity contribution in [1.82, 2.24) is 20.0 Å². The zero-order valence-corrected chi connectivity index (χ0v) is 25.1. The van der Waals surface area contributed by atoms with Gasteiger partial charge in [-0.1, -0.05) is 39.3 Å². The van der Waals surface area contributed by atoms with Crippen LogP contribution in [0.3, 0.4) is 0 Å². The zero-order chi connectivity index (χ0) is 31.2. The molecule has 8 nitrogen and oxygen atoms in total. The number of carbonyl (C=O) groups is 3. The molecule has 2 aromatic rings. The standard InChI is InChI=1S/C31H41F3N4O4/c1-7-10-25(21-11-15-23(16-12-21)31(32,33)34)35-29(41)38-27(40)30(8-2,9-3)28(38)42-24-17-13-22(14-18-24)26(39)37(6)20-19-36(4)5/h11-18,25,28H,7-10,19-20H2,1-6H3,(H,35,41). The summed E-state index contributed by atoms with van der Waals surface area (Å²) in [4.78, 5) is 44.3. The third-order valence-electron chi connectivity index (χ3n) is 7.93. The molecular weight excluding hydrogens is 549 g/mol. The van der Waals surface area contributed by atoms with E-state index < -0.39 is 35.5 Å².